The predicted molar refractivity (Wildman–Crippen MR) is 119 cm³/mol. The maximum atomic E-state index is 13.6. The summed E-state index contributed by atoms with van der Waals surface area (Å²) in [6.07, 6.45) is 7.41. The number of hydrogen-bond donors (Lipinski definition) is 1. The zero-order valence-electron chi connectivity index (χ0n) is 18.8. The van der Waals surface area contributed by atoms with Crippen LogP contribution in [0, 0.1) is 31.1 Å². The van der Waals surface area contributed by atoms with Crippen LogP contribution in [0.2, 0.25) is 0 Å². The van der Waals surface area contributed by atoms with Crippen LogP contribution in [0.1, 0.15) is 47.6 Å². The van der Waals surface area contributed by atoms with Gasteiger partial charge in [0.05, 0.1) is 11.0 Å². The van der Waals surface area contributed by atoms with Crippen LogP contribution in [0.5, 0.6) is 0 Å². The number of likely N-dealkylation sites (tertiary alicyclic amines) is 1. The summed E-state index contributed by atoms with van der Waals surface area (Å²) >= 11 is 0. The van der Waals surface area contributed by atoms with E-state index in [0.717, 1.165) is 25.1 Å². The summed E-state index contributed by atoms with van der Waals surface area (Å²) in [6, 6.07) is 3.61. The molecule has 0 aromatic carbocycles. The average molecular weight is 438 g/mol. The van der Waals surface area contributed by atoms with Crippen molar-refractivity contribution in [1.29, 1.82) is 0 Å². The highest BCUT2D eigenvalue weighted by molar-refractivity contribution is 5.95. The van der Waals surface area contributed by atoms with E-state index < -0.39 is 5.41 Å². The van der Waals surface area contributed by atoms with Crippen LogP contribution in [0.15, 0.2) is 28.9 Å². The van der Waals surface area contributed by atoms with Gasteiger partial charge in [0.1, 0.15) is 11.5 Å². The predicted octanol–water partition coefficient (Wildman–Crippen LogP) is 2.57. The lowest BCUT2D eigenvalue weighted by Crippen LogP contribution is -2.48. The van der Waals surface area contributed by atoms with Crippen molar-refractivity contribution < 1.29 is 14.0 Å². The molecule has 3 aliphatic rings. The molecule has 2 amide bonds. The first-order valence-corrected chi connectivity index (χ1v) is 11.6. The normalized spacial score (nSPS) is 25.4. The second-order valence-corrected chi connectivity index (χ2v) is 9.62. The second-order valence-electron chi connectivity index (χ2n) is 9.62. The van der Waals surface area contributed by atoms with Crippen molar-refractivity contribution in [3.63, 3.8) is 0 Å². The van der Waals surface area contributed by atoms with Gasteiger partial charge in [-0.25, -0.2) is 9.97 Å². The summed E-state index contributed by atoms with van der Waals surface area (Å²) in [7, 11) is 0. The summed E-state index contributed by atoms with van der Waals surface area (Å²) in [4.78, 5) is 39.8. The number of furan rings is 1. The number of nitrogens with one attached hydrogen (secondary N) is 1. The summed E-state index contributed by atoms with van der Waals surface area (Å²) < 4.78 is 5.60. The molecule has 0 bridgehead atoms. The van der Waals surface area contributed by atoms with Gasteiger partial charge in [-0.2, -0.15) is 0 Å². The molecule has 4 heterocycles. The first kappa shape index (κ1) is 21.0. The van der Waals surface area contributed by atoms with Gasteiger partial charge in [-0.15, -0.1) is 0 Å². The molecule has 8 nitrogen and oxygen atoms in total. The Hall–Kier alpha value is -2.90. The molecule has 2 aromatic heterocycles. The highest BCUT2D eigenvalue weighted by Gasteiger charge is 2.54. The monoisotopic (exact) mass is 437 g/mol. The van der Waals surface area contributed by atoms with Crippen molar-refractivity contribution >= 4 is 17.8 Å². The third-order valence-corrected chi connectivity index (χ3v) is 7.28. The van der Waals surface area contributed by atoms with E-state index in [1.165, 1.54) is 12.8 Å². The minimum absolute atomic E-state index is 0.0112. The number of rotatable bonds is 5. The molecule has 0 radical (unpaired) electrons. The molecule has 8 heteroatoms. The smallest absolute Gasteiger partial charge is 0.257 e. The van der Waals surface area contributed by atoms with Crippen LogP contribution >= 0.6 is 0 Å². The SMILES string of the molecule is Cc1cc(C(=O)N2CCC[C@@]3(C(=O)NCC4CC4)CN(c4ncccn4)C[C@H]3C2)c(C)o1. The van der Waals surface area contributed by atoms with Gasteiger partial charge in [0.25, 0.3) is 5.91 Å². The number of aryl methyl sites for hydroxylation is 2. The molecule has 0 unspecified atom stereocenters. The first-order chi connectivity index (χ1) is 15.5. The lowest BCUT2D eigenvalue weighted by atomic mass is 9.74. The highest BCUT2D eigenvalue weighted by Crippen LogP contribution is 2.44. The minimum atomic E-state index is -0.537. The fourth-order valence-corrected chi connectivity index (χ4v) is 5.34. The van der Waals surface area contributed by atoms with Gasteiger partial charge in [0.15, 0.2) is 0 Å². The molecule has 3 fully saturated rings. The fourth-order valence-electron chi connectivity index (χ4n) is 5.34. The van der Waals surface area contributed by atoms with Crippen LogP contribution in [-0.4, -0.2) is 59.4 Å². The van der Waals surface area contributed by atoms with E-state index in [4.69, 9.17) is 4.42 Å². The molecule has 2 aliphatic heterocycles. The zero-order chi connectivity index (χ0) is 22.3. The van der Waals surface area contributed by atoms with E-state index in [0.29, 0.717) is 49.4 Å². The third kappa shape index (κ3) is 3.87. The number of anilines is 1. The zero-order valence-corrected chi connectivity index (χ0v) is 18.8. The number of aromatic nitrogens is 2. The van der Waals surface area contributed by atoms with E-state index in [-0.39, 0.29) is 17.7 Å². The molecule has 1 aliphatic carbocycles. The van der Waals surface area contributed by atoms with E-state index in [1.807, 2.05) is 24.8 Å². The van der Waals surface area contributed by atoms with Gasteiger partial charge in [-0.05, 0) is 57.6 Å². The second kappa shape index (κ2) is 8.22. The van der Waals surface area contributed by atoms with Crippen molar-refractivity contribution in [1.82, 2.24) is 20.2 Å². The number of fused-ring (bicyclic) bond motifs is 1. The molecule has 1 saturated carbocycles. The molecular weight excluding hydrogens is 406 g/mol. The number of nitrogens with zero attached hydrogens (tertiary/aromatic N) is 4. The lowest BCUT2D eigenvalue weighted by molar-refractivity contribution is -0.132. The molecule has 5 rings (SSSR count). The Morgan fingerprint density at radius 2 is 2.00 bits per heavy atom. The molecular formula is C24H31N5O3. The van der Waals surface area contributed by atoms with Crippen molar-refractivity contribution in [3.8, 4) is 0 Å². The van der Waals surface area contributed by atoms with E-state index in [2.05, 4.69) is 20.2 Å². The van der Waals surface area contributed by atoms with E-state index >= 15 is 0 Å². The Morgan fingerprint density at radius 3 is 2.69 bits per heavy atom. The van der Waals surface area contributed by atoms with Crippen LogP contribution in [0.3, 0.4) is 0 Å². The summed E-state index contributed by atoms with van der Waals surface area (Å²) in [6.45, 7) is 6.89. The maximum Gasteiger partial charge on any atom is 0.257 e. The van der Waals surface area contributed by atoms with Gasteiger partial charge in [-0.3, -0.25) is 9.59 Å². The molecule has 0 spiro atoms. The van der Waals surface area contributed by atoms with Crippen LogP contribution < -0.4 is 10.2 Å². The summed E-state index contributed by atoms with van der Waals surface area (Å²) in [5.41, 5.74) is 0.0826. The van der Waals surface area contributed by atoms with Gasteiger partial charge in [0, 0.05) is 51.0 Å². The maximum absolute atomic E-state index is 13.6. The summed E-state index contributed by atoms with van der Waals surface area (Å²) in [5, 5.41) is 3.24. The fraction of sp³-hybridized carbons (Fsp3) is 0.583. The molecule has 2 atom stereocenters. The Morgan fingerprint density at radius 1 is 1.22 bits per heavy atom. The number of carbonyl (C=O) groups excluding carboxylic acids is 2. The topological polar surface area (TPSA) is 91.6 Å². The van der Waals surface area contributed by atoms with Gasteiger partial charge >= 0.3 is 0 Å². The number of amides is 2. The van der Waals surface area contributed by atoms with Crippen molar-refractivity contribution in [2.45, 2.75) is 39.5 Å². The third-order valence-electron chi connectivity index (χ3n) is 7.28. The molecule has 2 saturated heterocycles. The van der Waals surface area contributed by atoms with Crippen LogP contribution in [0.25, 0.3) is 0 Å². The largest absolute Gasteiger partial charge is 0.466 e. The lowest BCUT2D eigenvalue weighted by Gasteiger charge is -2.32. The highest BCUT2D eigenvalue weighted by atomic mass is 16.3. The van der Waals surface area contributed by atoms with Crippen LogP contribution in [-0.2, 0) is 4.79 Å². The van der Waals surface area contributed by atoms with Gasteiger partial charge in [0.2, 0.25) is 11.9 Å². The van der Waals surface area contributed by atoms with Crippen molar-refractivity contribution in [3.05, 3.63) is 41.6 Å². The Labute approximate surface area is 188 Å². The Kier molecular flexibility index (Phi) is 5.39. The minimum Gasteiger partial charge on any atom is -0.466 e. The number of carbonyl (C=O) groups is 2. The van der Waals surface area contributed by atoms with E-state index in [1.54, 1.807) is 18.5 Å². The van der Waals surface area contributed by atoms with Crippen molar-refractivity contribution in [2.75, 3.05) is 37.6 Å². The van der Waals surface area contributed by atoms with Crippen molar-refractivity contribution in [2.24, 2.45) is 17.3 Å². The average Bonchev–Trinajstić information content (AvgIpc) is 3.51. The quantitative estimate of drug-likeness (QED) is 0.773. The van der Waals surface area contributed by atoms with Gasteiger partial charge < -0.3 is 19.5 Å². The standard InChI is InChI=1S/C24H31N5O3/c1-16-11-20(17(2)32-16)21(30)28-10-3-7-24(22(31)27-12-18-5-6-18)15-29(14-19(24)13-28)23-25-8-4-9-26-23/h4,8-9,11,18-19H,3,5-7,10,12-15H2,1-2H3,(H,27,31)/t19-,24-/m1/s1. The Balaban J connectivity index is 1.41. The first-order valence-electron chi connectivity index (χ1n) is 11.6. The molecule has 1 N–H and O–H groups in total. The molecule has 170 valence electrons. The van der Waals surface area contributed by atoms with Gasteiger partial charge in [-0.1, -0.05) is 0 Å². The summed E-state index contributed by atoms with van der Waals surface area (Å²) in [5.74, 6) is 2.79. The van der Waals surface area contributed by atoms with Crippen LogP contribution in [0.4, 0.5) is 5.95 Å². The molecule has 32 heavy (non-hydrogen) atoms. The Bertz CT molecular complexity index is 1000. The number of hydrogen-bond acceptors (Lipinski definition) is 6. The molecule has 2 aromatic rings. The van der Waals surface area contributed by atoms with E-state index in [9.17, 15) is 9.59 Å².